The minimum atomic E-state index is 0.121. The molecule has 2 nitrogen and oxygen atoms in total. The van der Waals surface area contributed by atoms with E-state index in [4.69, 9.17) is 4.42 Å². The van der Waals surface area contributed by atoms with Crippen LogP contribution in [0.15, 0.2) is 49.5 Å². The van der Waals surface area contributed by atoms with Crippen LogP contribution in [0.3, 0.4) is 0 Å². The Morgan fingerprint density at radius 1 is 1.21 bits per heavy atom. The number of benzene rings is 1. The zero-order valence-corrected chi connectivity index (χ0v) is 14.1. The number of hydrogen-bond donors (Lipinski definition) is 1. The zero-order valence-electron chi connectivity index (χ0n) is 10.1. The van der Waals surface area contributed by atoms with Crippen LogP contribution in [0.25, 0.3) is 10.1 Å². The fourth-order valence-corrected chi connectivity index (χ4v) is 4.37. The Hall–Kier alpha value is -0.620. The minimum absolute atomic E-state index is 0.121. The Kier molecular flexibility index (Phi) is 3.80. The summed E-state index contributed by atoms with van der Waals surface area (Å²) in [6.07, 6.45) is 1.70. The molecule has 0 radical (unpaired) electrons. The molecular formula is C14H11Br2NOS. The SMILES string of the molecule is CNC(c1ccoc1Br)c1csc2c(Br)cccc12. The van der Waals surface area contributed by atoms with Gasteiger partial charge < -0.3 is 9.73 Å². The monoisotopic (exact) mass is 399 g/mol. The second-order valence-electron chi connectivity index (χ2n) is 4.18. The van der Waals surface area contributed by atoms with Crippen LogP contribution in [-0.2, 0) is 0 Å². The maximum absolute atomic E-state index is 5.35. The standard InChI is InChI=1S/C14H11Br2NOS/c1-17-12(9-5-6-18-14(9)16)10-7-19-13-8(10)3-2-4-11(13)15/h2-7,12,17H,1H3. The molecule has 0 saturated heterocycles. The first-order valence-electron chi connectivity index (χ1n) is 5.78. The second-order valence-corrected chi connectivity index (χ2v) is 6.63. The summed E-state index contributed by atoms with van der Waals surface area (Å²) in [7, 11) is 1.96. The average Bonchev–Trinajstić information content (AvgIpc) is 3.00. The number of furan rings is 1. The van der Waals surface area contributed by atoms with Crippen LogP contribution in [-0.4, -0.2) is 7.05 Å². The van der Waals surface area contributed by atoms with Gasteiger partial charge in [-0.25, -0.2) is 0 Å². The van der Waals surface area contributed by atoms with Crippen LogP contribution >= 0.6 is 43.2 Å². The van der Waals surface area contributed by atoms with E-state index < -0.39 is 0 Å². The van der Waals surface area contributed by atoms with Gasteiger partial charge in [0.25, 0.3) is 0 Å². The highest BCUT2D eigenvalue weighted by Crippen LogP contribution is 2.38. The topological polar surface area (TPSA) is 25.2 Å². The van der Waals surface area contributed by atoms with Crippen molar-refractivity contribution in [3.05, 3.63) is 56.2 Å². The lowest BCUT2D eigenvalue weighted by Crippen LogP contribution is -2.17. The third kappa shape index (κ3) is 2.29. The first kappa shape index (κ1) is 13.4. The fraction of sp³-hybridized carbons (Fsp3) is 0.143. The molecule has 0 bridgehead atoms. The van der Waals surface area contributed by atoms with Crippen molar-refractivity contribution in [2.24, 2.45) is 0 Å². The number of thiophene rings is 1. The summed E-state index contributed by atoms with van der Waals surface area (Å²) in [5, 5.41) is 6.84. The van der Waals surface area contributed by atoms with Crippen LogP contribution < -0.4 is 5.32 Å². The highest BCUT2D eigenvalue weighted by atomic mass is 79.9. The van der Waals surface area contributed by atoms with Crippen molar-refractivity contribution in [1.29, 1.82) is 0 Å². The molecule has 5 heteroatoms. The van der Waals surface area contributed by atoms with Crippen LogP contribution in [0.5, 0.6) is 0 Å². The maximum Gasteiger partial charge on any atom is 0.174 e. The number of rotatable bonds is 3. The second kappa shape index (κ2) is 5.40. The lowest BCUT2D eigenvalue weighted by Gasteiger charge is -2.14. The van der Waals surface area contributed by atoms with E-state index in [1.165, 1.54) is 15.6 Å². The van der Waals surface area contributed by atoms with Gasteiger partial charge in [0, 0.05) is 14.7 Å². The molecule has 19 heavy (non-hydrogen) atoms. The van der Waals surface area contributed by atoms with E-state index in [1.54, 1.807) is 17.6 Å². The van der Waals surface area contributed by atoms with Gasteiger partial charge in [0.1, 0.15) is 0 Å². The summed E-state index contributed by atoms with van der Waals surface area (Å²) in [6, 6.07) is 8.41. The Balaban J connectivity index is 2.18. The predicted molar refractivity (Wildman–Crippen MR) is 86.8 cm³/mol. The van der Waals surface area contributed by atoms with Gasteiger partial charge in [-0.2, -0.15) is 0 Å². The van der Waals surface area contributed by atoms with E-state index in [0.29, 0.717) is 0 Å². The quantitative estimate of drug-likeness (QED) is 0.642. The van der Waals surface area contributed by atoms with E-state index >= 15 is 0 Å². The molecule has 1 atom stereocenters. The third-order valence-electron chi connectivity index (χ3n) is 3.14. The van der Waals surface area contributed by atoms with Gasteiger partial charge in [0.15, 0.2) is 4.67 Å². The molecule has 0 aliphatic carbocycles. The van der Waals surface area contributed by atoms with Crippen molar-refractivity contribution < 1.29 is 4.42 Å². The van der Waals surface area contributed by atoms with Crippen LogP contribution in [0.2, 0.25) is 0 Å². The molecule has 3 aromatic rings. The summed E-state index contributed by atoms with van der Waals surface area (Å²) < 4.78 is 8.55. The molecular weight excluding hydrogens is 390 g/mol. The van der Waals surface area contributed by atoms with Gasteiger partial charge >= 0.3 is 0 Å². The van der Waals surface area contributed by atoms with Gasteiger partial charge in [0.2, 0.25) is 0 Å². The Morgan fingerprint density at radius 2 is 2.05 bits per heavy atom. The highest BCUT2D eigenvalue weighted by molar-refractivity contribution is 9.10. The predicted octanol–water partition coefficient (Wildman–Crippen LogP) is 5.33. The van der Waals surface area contributed by atoms with Crippen molar-refractivity contribution in [3.63, 3.8) is 0 Å². The van der Waals surface area contributed by atoms with Gasteiger partial charge in [-0.3, -0.25) is 0 Å². The summed E-state index contributed by atoms with van der Waals surface area (Å²) in [6.45, 7) is 0. The van der Waals surface area contributed by atoms with E-state index in [0.717, 1.165) is 14.7 Å². The average molecular weight is 401 g/mol. The van der Waals surface area contributed by atoms with Crippen molar-refractivity contribution in [2.45, 2.75) is 6.04 Å². The van der Waals surface area contributed by atoms with Crippen LogP contribution in [0.1, 0.15) is 17.2 Å². The molecule has 1 aromatic carbocycles. The molecule has 2 heterocycles. The third-order valence-corrected chi connectivity index (χ3v) is 5.75. The first-order chi connectivity index (χ1) is 9.22. The lowest BCUT2D eigenvalue weighted by molar-refractivity contribution is 0.530. The fourth-order valence-electron chi connectivity index (χ4n) is 2.25. The molecule has 0 fully saturated rings. The Labute approximate surface area is 132 Å². The molecule has 98 valence electrons. The van der Waals surface area contributed by atoms with Gasteiger partial charge in [0.05, 0.1) is 12.3 Å². The van der Waals surface area contributed by atoms with Crippen molar-refractivity contribution >= 4 is 53.3 Å². The van der Waals surface area contributed by atoms with Gasteiger partial charge in [-0.15, -0.1) is 11.3 Å². The van der Waals surface area contributed by atoms with Crippen molar-refractivity contribution in [2.75, 3.05) is 7.05 Å². The zero-order chi connectivity index (χ0) is 13.4. The van der Waals surface area contributed by atoms with E-state index in [2.05, 4.69) is 60.8 Å². The van der Waals surface area contributed by atoms with Gasteiger partial charge in [-0.1, -0.05) is 12.1 Å². The molecule has 0 aliphatic rings. The van der Waals surface area contributed by atoms with Crippen LogP contribution in [0, 0.1) is 0 Å². The van der Waals surface area contributed by atoms with E-state index in [1.807, 2.05) is 13.1 Å². The van der Waals surface area contributed by atoms with Gasteiger partial charge in [-0.05, 0) is 67.4 Å². The molecule has 2 aromatic heterocycles. The molecule has 3 rings (SSSR count). The minimum Gasteiger partial charge on any atom is -0.457 e. The lowest BCUT2D eigenvalue weighted by atomic mass is 10.0. The summed E-state index contributed by atoms with van der Waals surface area (Å²) in [4.78, 5) is 0. The number of hydrogen-bond acceptors (Lipinski definition) is 3. The van der Waals surface area contributed by atoms with Crippen molar-refractivity contribution in [3.8, 4) is 0 Å². The first-order valence-corrected chi connectivity index (χ1v) is 8.24. The summed E-state index contributed by atoms with van der Waals surface area (Å²) in [5.74, 6) is 0. The summed E-state index contributed by atoms with van der Waals surface area (Å²) in [5.41, 5.74) is 2.38. The largest absolute Gasteiger partial charge is 0.457 e. The normalized spacial score (nSPS) is 13.0. The number of nitrogens with one attached hydrogen (secondary N) is 1. The molecule has 0 amide bonds. The highest BCUT2D eigenvalue weighted by Gasteiger charge is 2.20. The van der Waals surface area contributed by atoms with Crippen molar-refractivity contribution in [1.82, 2.24) is 5.32 Å². The Morgan fingerprint density at radius 3 is 2.74 bits per heavy atom. The molecule has 0 spiro atoms. The smallest absolute Gasteiger partial charge is 0.174 e. The molecule has 1 N–H and O–H groups in total. The number of halogens is 2. The molecule has 0 aliphatic heterocycles. The maximum atomic E-state index is 5.35. The molecule has 1 unspecified atom stereocenters. The Bertz CT molecular complexity index is 719. The van der Waals surface area contributed by atoms with E-state index in [-0.39, 0.29) is 6.04 Å². The summed E-state index contributed by atoms with van der Waals surface area (Å²) >= 11 is 8.82. The van der Waals surface area contributed by atoms with Crippen LogP contribution in [0.4, 0.5) is 0 Å². The van der Waals surface area contributed by atoms with E-state index in [9.17, 15) is 0 Å². The molecule has 0 saturated carbocycles. The number of fused-ring (bicyclic) bond motifs is 1.